The fourth-order valence-corrected chi connectivity index (χ4v) is 2.05. The highest BCUT2D eigenvalue weighted by Crippen LogP contribution is 2.35. The number of nitrogens with two attached hydrogens (primary N) is 1. The van der Waals surface area contributed by atoms with Crippen molar-refractivity contribution in [1.29, 1.82) is 0 Å². The van der Waals surface area contributed by atoms with E-state index in [0.29, 0.717) is 0 Å². The molecule has 1 aromatic heterocycles. The van der Waals surface area contributed by atoms with Crippen molar-refractivity contribution in [1.82, 2.24) is 9.97 Å². The van der Waals surface area contributed by atoms with Crippen molar-refractivity contribution in [2.45, 2.75) is 38.1 Å². The van der Waals surface area contributed by atoms with Crippen molar-refractivity contribution in [2.75, 3.05) is 0 Å². The van der Waals surface area contributed by atoms with E-state index in [2.05, 4.69) is 16.9 Å². The van der Waals surface area contributed by atoms with Crippen molar-refractivity contribution in [2.24, 2.45) is 11.7 Å². The molecule has 0 bridgehead atoms. The van der Waals surface area contributed by atoms with Gasteiger partial charge in [-0.1, -0.05) is 6.92 Å². The molecular weight excluding hydrogens is 162 g/mol. The van der Waals surface area contributed by atoms with Gasteiger partial charge >= 0.3 is 0 Å². The molecule has 1 aliphatic carbocycles. The highest BCUT2D eigenvalue weighted by molar-refractivity contribution is 5.06. The van der Waals surface area contributed by atoms with E-state index in [9.17, 15) is 0 Å². The lowest BCUT2D eigenvalue weighted by Gasteiger charge is -2.34. The second kappa shape index (κ2) is 3.14. The Morgan fingerprint density at radius 2 is 2.23 bits per heavy atom. The molecular formula is C10H17N3. The predicted octanol–water partition coefficient (Wildman–Crippen LogP) is 1.77. The number of nitrogens with one attached hydrogen (secondary N) is 1. The SMILES string of the molecule is CC1CCC(N)(c2ncc[nH]2)CC1. The topological polar surface area (TPSA) is 54.7 Å². The summed E-state index contributed by atoms with van der Waals surface area (Å²) in [6.45, 7) is 2.29. The van der Waals surface area contributed by atoms with Crippen LogP contribution in [0.5, 0.6) is 0 Å². The van der Waals surface area contributed by atoms with Crippen molar-refractivity contribution in [3.8, 4) is 0 Å². The first kappa shape index (κ1) is 8.75. The molecule has 0 aromatic carbocycles. The van der Waals surface area contributed by atoms with Crippen LogP contribution in [0.4, 0.5) is 0 Å². The van der Waals surface area contributed by atoms with Gasteiger partial charge < -0.3 is 10.7 Å². The molecule has 1 saturated carbocycles. The van der Waals surface area contributed by atoms with Gasteiger partial charge in [-0.05, 0) is 31.6 Å². The monoisotopic (exact) mass is 179 g/mol. The molecule has 1 aliphatic rings. The van der Waals surface area contributed by atoms with Crippen LogP contribution in [0.1, 0.15) is 38.4 Å². The maximum Gasteiger partial charge on any atom is 0.126 e. The smallest absolute Gasteiger partial charge is 0.126 e. The van der Waals surface area contributed by atoms with Crippen LogP contribution >= 0.6 is 0 Å². The fourth-order valence-electron chi connectivity index (χ4n) is 2.05. The second-order valence-electron chi connectivity index (χ2n) is 4.28. The number of aromatic amines is 1. The lowest BCUT2D eigenvalue weighted by atomic mass is 9.77. The van der Waals surface area contributed by atoms with E-state index in [-0.39, 0.29) is 5.54 Å². The van der Waals surface area contributed by atoms with Crippen LogP contribution in [0.15, 0.2) is 12.4 Å². The van der Waals surface area contributed by atoms with Gasteiger partial charge in [0, 0.05) is 12.4 Å². The van der Waals surface area contributed by atoms with Crippen LogP contribution in [0.2, 0.25) is 0 Å². The lowest BCUT2D eigenvalue weighted by Crippen LogP contribution is -2.41. The van der Waals surface area contributed by atoms with E-state index in [1.54, 1.807) is 6.20 Å². The summed E-state index contributed by atoms with van der Waals surface area (Å²) in [6.07, 6.45) is 8.18. The number of rotatable bonds is 1. The Hall–Kier alpha value is -0.830. The summed E-state index contributed by atoms with van der Waals surface area (Å²) in [7, 11) is 0. The summed E-state index contributed by atoms with van der Waals surface area (Å²) in [5.74, 6) is 1.78. The molecule has 1 aromatic rings. The molecule has 3 N–H and O–H groups in total. The van der Waals surface area contributed by atoms with E-state index in [1.807, 2.05) is 6.20 Å². The third kappa shape index (κ3) is 1.61. The van der Waals surface area contributed by atoms with Crippen LogP contribution in [-0.4, -0.2) is 9.97 Å². The van der Waals surface area contributed by atoms with E-state index in [0.717, 1.165) is 24.6 Å². The molecule has 13 heavy (non-hydrogen) atoms. The summed E-state index contributed by atoms with van der Waals surface area (Å²) in [5, 5.41) is 0. The number of aromatic nitrogens is 2. The molecule has 0 aliphatic heterocycles. The van der Waals surface area contributed by atoms with Crippen LogP contribution in [0.25, 0.3) is 0 Å². The molecule has 72 valence electrons. The maximum atomic E-state index is 6.29. The molecule has 2 rings (SSSR count). The first-order chi connectivity index (χ1) is 6.21. The van der Waals surface area contributed by atoms with Gasteiger partial charge in [0.2, 0.25) is 0 Å². The Morgan fingerprint density at radius 3 is 2.77 bits per heavy atom. The molecule has 0 atom stereocenters. The number of hydrogen-bond donors (Lipinski definition) is 2. The third-order valence-electron chi connectivity index (χ3n) is 3.14. The Balaban J connectivity index is 2.13. The van der Waals surface area contributed by atoms with Gasteiger partial charge in [-0.2, -0.15) is 0 Å². The largest absolute Gasteiger partial charge is 0.347 e. The van der Waals surface area contributed by atoms with Gasteiger partial charge in [0.1, 0.15) is 5.82 Å². The molecule has 0 unspecified atom stereocenters. The molecule has 3 nitrogen and oxygen atoms in total. The van der Waals surface area contributed by atoms with E-state index >= 15 is 0 Å². The van der Waals surface area contributed by atoms with Gasteiger partial charge in [0.25, 0.3) is 0 Å². The molecule has 0 saturated heterocycles. The molecule has 3 heteroatoms. The molecule has 0 radical (unpaired) electrons. The highest BCUT2D eigenvalue weighted by Gasteiger charge is 2.33. The summed E-state index contributed by atoms with van der Waals surface area (Å²) in [6, 6.07) is 0. The summed E-state index contributed by atoms with van der Waals surface area (Å²) in [4.78, 5) is 7.38. The zero-order chi connectivity index (χ0) is 9.31. The second-order valence-corrected chi connectivity index (χ2v) is 4.28. The zero-order valence-electron chi connectivity index (χ0n) is 8.09. The van der Waals surface area contributed by atoms with Crippen LogP contribution < -0.4 is 5.73 Å². The third-order valence-corrected chi connectivity index (χ3v) is 3.14. The minimum absolute atomic E-state index is 0.185. The minimum atomic E-state index is -0.185. The highest BCUT2D eigenvalue weighted by atomic mass is 15.0. The van der Waals surface area contributed by atoms with E-state index in [4.69, 9.17) is 5.73 Å². The molecule has 0 amide bonds. The van der Waals surface area contributed by atoms with Gasteiger partial charge in [-0.25, -0.2) is 4.98 Å². The number of nitrogens with zero attached hydrogens (tertiary/aromatic N) is 1. The molecule has 1 heterocycles. The standard InChI is InChI=1S/C10H17N3/c1-8-2-4-10(11,5-3-8)9-12-6-7-13-9/h6-8H,2-5,11H2,1H3,(H,12,13). The Bertz CT molecular complexity index is 258. The van der Waals surface area contributed by atoms with Gasteiger partial charge in [-0.15, -0.1) is 0 Å². The Kier molecular flexibility index (Phi) is 2.12. The molecule has 1 fully saturated rings. The van der Waals surface area contributed by atoms with Crippen LogP contribution in [-0.2, 0) is 5.54 Å². The number of H-pyrrole nitrogens is 1. The van der Waals surface area contributed by atoms with Gasteiger partial charge in [0.15, 0.2) is 0 Å². The van der Waals surface area contributed by atoms with Crippen molar-refractivity contribution < 1.29 is 0 Å². The Morgan fingerprint density at radius 1 is 1.54 bits per heavy atom. The van der Waals surface area contributed by atoms with Crippen molar-refractivity contribution in [3.63, 3.8) is 0 Å². The fraction of sp³-hybridized carbons (Fsp3) is 0.700. The normalized spacial score (nSPS) is 34.8. The number of imidazole rings is 1. The summed E-state index contributed by atoms with van der Waals surface area (Å²) in [5.41, 5.74) is 6.11. The first-order valence-electron chi connectivity index (χ1n) is 4.99. The average Bonchev–Trinajstić information content (AvgIpc) is 2.63. The maximum absolute atomic E-state index is 6.29. The quantitative estimate of drug-likeness (QED) is 0.690. The molecule has 0 spiro atoms. The lowest BCUT2D eigenvalue weighted by molar-refractivity contribution is 0.238. The van der Waals surface area contributed by atoms with E-state index < -0.39 is 0 Å². The average molecular weight is 179 g/mol. The zero-order valence-corrected chi connectivity index (χ0v) is 8.09. The minimum Gasteiger partial charge on any atom is -0.347 e. The van der Waals surface area contributed by atoms with Crippen LogP contribution in [0, 0.1) is 5.92 Å². The number of hydrogen-bond acceptors (Lipinski definition) is 2. The first-order valence-corrected chi connectivity index (χ1v) is 4.99. The van der Waals surface area contributed by atoms with Gasteiger partial charge in [-0.3, -0.25) is 0 Å². The van der Waals surface area contributed by atoms with Gasteiger partial charge in [0.05, 0.1) is 5.54 Å². The predicted molar refractivity (Wildman–Crippen MR) is 52.1 cm³/mol. The van der Waals surface area contributed by atoms with Crippen molar-refractivity contribution in [3.05, 3.63) is 18.2 Å². The summed E-state index contributed by atoms with van der Waals surface area (Å²) < 4.78 is 0. The Labute approximate surface area is 78.7 Å². The van der Waals surface area contributed by atoms with E-state index in [1.165, 1.54) is 12.8 Å². The van der Waals surface area contributed by atoms with Crippen molar-refractivity contribution >= 4 is 0 Å². The van der Waals surface area contributed by atoms with Crippen LogP contribution in [0.3, 0.4) is 0 Å². The summed E-state index contributed by atoms with van der Waals surface area (Å²) >= 11 is 0.